The molecule has 5 heterocycles. The topological polar surface area (TPSA) is 222 Å². The zero-order chi connectivity index (χ0) is 27.8. The number of imidazole rings is 1. The summed E-state index contributed by atoms with van der Waals surface area (Å²) in [6, 6.07) is 2.21. The minimum Gasteiger partial charge on any atom is -0.543 e. The predicted octanol–water partition coefficient (Wildman–Crippen LogP) is -3.40. The van der Waals surface area contributed by atoms with Crippen LogP contribution in [0.25, 0.3) is 11.2 Å². The molecule has 204 valence electrons. The number of rotatable bonds is 9. The van der Waals surface area contributed by atoms with Gasteiger partial charge in [0.1, 0.15) is 23.5 Å². The molecule has 39 heavy (non-hydrogen) atoms. The van der Waals surface area contributed by atoms with Crippen molar-refractivity contribution in [3.05, 3.63) is 41.8 Å². The fourth-order valence-corrected chi connectivity index (χ4v) is 6.28. The molecule has 3 unspecified atom stereocenters. The van der Waals surface area contributed by atoms with Gasteiger partial charge in [-0.2, -0.15) is 9.36 Å². The molecule has 0 spiro atoms. The Kier molecular flexibility index (Phi) is 7.30. The molecule has 2 aliphatic rings. The van der Waals surface area contributed by atoms with Crippen molar-refractivity contribution in [2.24, 2.45) is 10.7 Å². The molecule has 3 aromatic heterocycles. The third-order valence-corrected chi connectivity index (χ3v) is 8.18. The zero-order valence-electron chi connectivity index (χ0n) is 20.6. The van der Waals surface area contributed by atoms with E-state index in [2.05, 4.69) is 24.7 Å². The van der Waals surface area contributed by atoms with Gasteiger partial charge in [-0.1, -0.05) is 0 Å². The van der Waals surface area contributed by atoms with Gasteiger partial charge in [0, 0.05) is 42.5 Å². The van der Waals surface area contributed by atoms with Crippen molar-refractivity contribution in [1.82, 2.24) is 29.1 Å². The molecular weight excluding hydrogens is 548 g/mol. The van der Waals surface area contributed by atoms with E-state index in [1.807, 2.05) is 10.6 Å². The van der Waals surface area contributed by atoms with Crippen LogP contribution < -0.4 is 26.5 Å². The van der Waals surface area contributed by atoms with E-state index < -0.39 is 35.2 Å². The summed E-state index contributed by atoms with van der Waals surface area (Å²) in [5, 5.41) is 23.6. The molecule has 2 aliphatic heterocycles. The van der Waals surface area contributed by atoms with Crippen molar-refractivity contribution >= 4 is 63.1 Å². The average Bonchev–Trinajstić information content (AvgIpc) is 3.53. The minimum absolute atomic E-state index is 0.0435. The van der Waals surface area contributed by atoms with E-state index in [0.29, 0.717) is 17.8 Å². The Morgan fingerprint density at radius 1 is 1.44 bits per heavy atom. The lowest BCUT2D eigenvalue weighted by Gasteiger charge is -2.50. The molecule has 15 nitrogen and oxygen atoms in total. The molecule has 1 saturated heterocycles. The second-order valence-corrected chi connectivity index (χ2v) is 10.7. The predicted molar refractivity (Wildman–Crippen MR) is 139 cm³/mol. The molecule has 17 heteroatoms. The molecule has 0 bridgehead atoms. The number of amides is 2. The lowest BCUT2D eigenvalue weighted by Crippen LogP contribution is -2.71. The minimum atomic E-state index is -1.49. The maximum Gasteiger partial charge on any atom is 0.349 e. The third-order valence-electron chi connectivity index (χ3n) is 6.30. The van der Waals surface area contributed by atoms with Crippen molar-refractivity contribution in [2.45, 2.75) is 30.5 Å². The number of aliphatic hydroxyl groups is 1. The van der Waals surface area contributed by atoms with Crippen LogP contribution >= 0.6 is 23.3 Å². The number of hydrogen-bond donors (Lipinski definition) is 4. The van der Waals surface area contributed by atoms with Gasteiger partial charge in [-0.15, -0.1) is 11.8 Å². The number of carboxylic acid groups (broad SMARTS) is 1. The second-order valence-electron chi connectivity index (χ2n) is 8.81. The maximum absolute atomic E-state index is 13.1. The number of nitrogen functional groups attached to an aromatic ring is 1. The Balaban J connectivity index is 1.37. The van der Waals surface area contributed by atoms with Crippen LogP contribution in [0.5, 0.6) is 0 Å². The van der Waals surface area contributed by atoms with Gasteiger partial charge in [-0.25, -0.2) is 4.57 Å². The smallest absolute Gasteiger partial charge is 0.349 e. The summed E-state index contributed by atoms with van der Waals surface area (Å²) < 4.78 is 7.56. The van der Waals surface area contributed by atoms with Crippen molar-refractivity contribution < 1.29 is 29.2 Å². The number of aliphatic hydroxyl groups excluding tert-OH is 1. The third kappa shape index (κ3) is 4.84. The normalized spacial score (nSPS) is 20.1. The number of nitrogens with one attached hydrogen (secondary N) is 1. The highest BCUT2D eigenvalue weighted by Gasteiger charge is 2.53. The number of fused-ring (bicyclic) bond motifs is 2. The lowest BCUT2D eigenvalue weighted by molar-refractivity contribution is -0.664. The van der Waals surface area contributed by atoms with Crippen LogP contribution in [-0.2, 0) is 27.5 Å². The number of nitrogens with two attached hydrogens (primary N) is 2. The molecule has 0 aliphatic carbocycles. The van der Waals surface area contributed by atoms with Crippen molar-refractivity contribution in [2.75, 3.05) is 25.1 Å². The summed E-state index contributed by atoms with van der Waals surface area (Å²) >= 11 is 2.23. The SMILES string of the molecule is CN=C(C(=O)NC1C(=O)N2C(C(=O)[O-])=C(C[n+]3cccc4c3ncn4CC(N)CO)CSC12)c1nsc(N)n1. The molecule has 6 N–H and O–H groups in total. The van der Waals surface area contributed by atoms with Gasteiger partial charge in [-0.3, -0.25) is 19.5 Å². The van der Waals surface area contributed by atoms with Gasteiger partial charge in [-0.05, 0) is 17.1 Å². The zero-order valence-corrected chi connectivity index (χ0v) is 22.2. The summed E-state index contributed by atoms with van der Waals surface area (Å²) in [5.41, 5.74) is 13.0. The number of aliphatic carboxylic acids is 1. The Labute approximate surface area is 229 Å². The summed E-state index contributed by atoms with van der Waals surface area (Å²) in [6.07, 6.45) is 3.36. The molecule has 0 saturated carbocycles. The monoisotopic (exact) mass is 572 g/mol. The molecule has 2 amide bonds. The van der Waals surface area contributed by atoms with Crippen LogP contribution in [-0.4, -0.2) is 89.3 Å². The van der Waals surface area contributed by atoms with Gasteiger partial charge in [0.25, 0.3) is 11.8 Å². The first-order chi connectivity index (χ1) is 18.7. The Hall–Kier alpha value is -3.93. The first kappa shape index (κ1) is 26.7. The number of aliphatic imine (C=N–C) groups is 1. The summed E-state index contributed by atoms with van der Waals surface area (Å²) in [6.45, 7) is 0.322. The molecule has 5 rings (SSSR count). The Morgan fingerprint density at radius 2 is 2.23 bits per heavy atom. The number of carboxylic acids is 1. The number of carbonyl (C=O) groups is 3. The van der Waals surface area contributed by atoms with E-state index in [1.165, 1.54) is 18.8 Å². The summed E-state index contributed by atoms with van der Waals surface area (Å²) in [7, 11) is 1.39. The molecule has 0 radical (unpaired) electrons. The van der Waals surface area contributed by atoms with Crippen molar-refractivity contribution in [3.8, 4) is 0 Å². The van der Waals surface area contributed by atoms with E-state index in [9.17, 15) is 24.6 Å². The van der Waals surface area contributed by atoms with E-state index in [4.69, 9.17) is 11.5 Å². The largest absolute Gasteiger partial charge is 0.543 e. The van der Waals surface area contributed by atoms with E-state index in [0.717, 1.165) is 21.9 Å². The highest BCUT2D eigenvalue weighted by Crippen LogP contribution is 2.40. The number of pyridine rings is 1. The van der Waals surface area contributed by atoms with Crippen molar-refractivity contribution in [1.29, 1.82) is 0 Å². The molecule has 3 aromatic rings. The number of thioether (sulfide) groups is 1. The highest BCUT2D eigenvalue weighted by molar-refractivity contribution is 8.00. The van der Waals surface area contributed by atoms with Crippen LogP contribution in [0.3, 0.4) is 0 Å². The number of anilines is 1. The molecule has 1 fully saturated rings. The van der Waals surface area contributed by atoms with Gasteiger partial charge in [0.15, 0.2) is 16.7 Å². The van der Waals surface area contributed by atoms with E-state index >= 15 is 0 Å². The Bertz CT molecular complexity index is 1530. The quantitative estimate of drug-likeness (QED) is 0.112. The number of carbonyl (C=O) groups excluding carboxylic acids is 3. The van der Waals surface area contributed by atoms with Crippen LogP contribution in [0, 0.1) is 0 Å². The fraction of sp³-hybridized carbons (Fsp3) is 0.364. The number of nitrogens with zero attached hydrogens (tertiary/aromatic N) is 7. The van der Waals surface area contributed by atoms with Crippen LogP contribution in [0.15, 0.2) is 40.9 Å². The number of hydrogen-bond acceptors (Lipinski definition) is 13. The van der Waals surface area contributed by atoms with E-state index in [1.54, 1.807) is 23.2 Å². The number of aromatic nitrogens is 5. The van der Waals surface area contributed by atoms with Gasteiger partial charge < -0.3 is 36.4 Å². The van der Waals surface area contributed by atoms with Crippen LogP contribution in [0.4, 0.5) is 5.13 Å². The molecular formula is C22H24N10O5S2. The first-order valence-electron chi connectivity index (χ1n) is 11.7. The first-order valence-corrected chi connectivity index (χ1v) is 13.5. The van der Waals surface area contributed by atoms with E-state index in [-0.39, 0.29) is 41.3 Å². The van der Waals surface area contributed by atoms with Gasteiger partial charge >= 0.3 is 5.65 Å². The molecule has 3 atom stereocenters. The summed E-state index contributed by atoms with van der Waals surface area (Å²) in [5.74, 6) is -2.41. The summed E-state index contributed by atoms with van der Waals surface area (Å²) in [4.78, 5) is 51.6. The standard InChI is InChI=1S/C22H24N10O5S2/c1-25-13(16-28-22(24)39-29-16)18(34)27-14-19(35)32-15(21(36)37)10(8-38-20(14)32)5-30-4-2-3-12-17(30)26-9-31(12)6-11(23)7-33/h2-4,9,11,14,20,33H,5-8,23H2,1H3,(H3-,24,27,28,29,34,36,37). The Morgan fingerprint density at radius 3 is 2.90 bits per heavy atom. The highest BCUT2D eigenvalue weighted by atomic mass is 32.2. The van der Waals surface area contributed by atoms with Gasteiger partial charge in [0.05, 0.1) is 24.5 Å². The fourth-order valence-electron chi connectivity index (χ4n) is 4.51. The second kappa shape index (κ2) is 10.7. The van der Waals surface area contributed by atoms with Crippen molar-refractivity contribution in [3.63, 3.8) is 0 Å². The van der Waals surface area contributed by atoms with Crippen LogP contribution in [0.1, 0.15) is 5.82 Å². The molecule has 0 aromatic carbocycles. The van der Waals surface area contributed by atoms with Crippen LogP contribution in [0.2, 0.25) is 0 Å². The van der Waals surface area contributed by atoms with Gasteiger partial charge in [0.2, 0.25) is 6.33 Å². The average molecular weight is 573 g/mol. The maximum atomic E-state index is 13.1. The lowest BCUT2D eigenvalue weighted by atomic mass is 10.0. The number of β-lactam (4-membered cyclic amide) rings is 1.